The van der Waals surface area contributed by atoms with Gasteiger partial charge < -0.3 is 14.4 Å². The van der Waals surface area contributed by atoms with E-state index in [0.29, 0.717) is 12.5 Å². The van der Waals surface area contributed by atoms with Gasteiger partial charge in [-0.15, -0.1) is 0 Å². The molecular weight excluding hydrogens is 368 g/mol. The number of nitrogens with zero attached hydrogens (tertiary/aromatic N) is 6. The summed E-state index contributed by atoms with van der Waals surface area (Å²) in [6.45, 7) is 7.98. The van der Waals surface area contributed by atoms with Crippen LogP contribution in [0.25, 0.3) is 16.9 Å². The van der Waals surface area contributed by atoms with Crippen molar-refractivity contribution in [3.63, 3.8) is 0 Å². The molecule has 0 N–H and O–H groups in total. The smallest absolute Gasteiger partial charge is 0.181 e. The highest BCUT2D eigenvalue weighted by Crippen LogP contribution is 2.44. The predicted molar refractivity (Wildman–Crippen MR) is 110 cm³/mol. The Morgan fingerprint density at radius 1 is 1.24 bits per heavy atom. The molecule has 1 aliphatic heterocycles. The molecule has 5 rings (SSSR count). The molecule has 2 aliphatic rings. The lowest BCUT2D eigenvalue weighted by atomic mass is 10.1. The highest BCUT2D eigenvalue weighted by molar-refractivity contribution is 5.74. The Kier molecular flexibility index (Phi) is 4.55. The van der Waals surface area contributed by atoms with Crippen LogP contribution >= 0.6 is 0 Å². The highest BCUT2D eigenvalue weighted by Gasteiger charge is 2.32. The third kappa shape index (κ3) is 3.51. The Labute approximate surface area is 170 Å². The molecule has 3 aromatic heterocycles. The van der Waals surface area contributed by atoms with Gasteiger partial charge in [-0.3, -0.25) is 9.08 Å². The third-order valence-corrected chi connectivity index (χ3v) is 5.83. The van der Waals surface area contributed by atoms with Gasteiger partial charge in [-0.05, 0) is 26.7 Å². The summed E-state index contributed by atoms with van der Waals surface area (Å²) in [6.07, 6.45) is 10.3. The summed E-state index contributed by atoms with van der Waals surface area (Å²) >= 11 is 0. The first-order valence-electron chi connectivity index (χ1n) is 10.3. The number of methoxy groups -OCH3 is 1. The quantitative estimate of drug-likeness (QED) is 0.638. The molecule has 0 aromatic carbocycles. The van der Waals surface area contributed by atoms with Crippen molar-refractivity contribution in [2.75, 3.05) is 38.3 Å². The molecule has 154 valence electrons. The second kappa shape index (κ2) is 7.11. The fourth-order valence-electron chi connectivity index (χ4n) is 3.94. The van der Waals surface area contributed by atoms with Crippen LogP contribution in [-0.2, 0) is 16.0 Å². The fourth-order valence-corrected chi connectivity index (χ4v) is 3.94. The topological polar surface area (TPSA) is 69.7 Å². The summed E-state index contributed by atoms with van der Waals surface area (Å²) in [5.74, 6) is 1.47. The van der Waals surface area contributed by atoms with Crippen molar-refractivity contribution in [3.8, 4) is 11.3 Å². The minimum absolute atomic E-state index is 0.268. The monoisotopic (exact) mass is 396 g/mol. The van der Waals surface area contributed by atoms with Gasteiger partial charge in [0.2, 0.25) is 0 Å². The molecule has 0 spiro atoms. The zero-order valence-corrected chi connectivity index (χ0v) is 17.3. The lowest BCUT2D eigenvalue weighted by molar-refractivity contribution is 0.00543. The SMILES string of the molecule is COC(C)(C)Cn1cc(-c2c(C3CC3)nc3c(N4CCOCC4)nccn23)cn1. The van der Waals surface area contributed by atoms with Gasteiger partial charge in [-0.25, -0.2) is 9.97 Å². The van der Waals surface area contributed by atoms with Crippen molar-refractivity contribution in [2.45, 2.75) is 44.8 Å². The number of aromatic nitrogens is 5. The van der Waals surface area contributed by atoms with Gasteiger partial charge in [0.15, 0.2) is 11.5 Å². The van der Waals surface area contributed by atoms with Gasteiger partial charge in [-0.2, -0.15) is 5.10 Å². The minimum atomic E-state index is -0.268. The molecule has 1 saturated heterocycles. The molecule has 2 fully saturated rings. The van der Waals surface area contributed by atoms with Crippen molar-refractivity contribution in [2.24, 2.45) is 0 Å². The van der Waals surface area contributed by atoms with Gasteiger partial charge in [0.25, 0.3) is 0 Å². The van der Waals surface area contributed by atoms with E-state index < -0.39 is 0 Å². The van der Waals surface area contributed by atoms with Crippen LogP contribution in [0.5, 0.6) is 0 Å². The molecule has 29 heavy (non-hydrogen) atoms. The van der Waals surface area contributed by atoms with E-state index >= 15 is 0 Å². The van der Waals surface area contributed by atoms with Crippen LogP contribution in [0.2, 0.25) is 0 Å². The Bertz CT molecular complexity index is 1010. The number of ether oxygens (including phenoxy) is 2. The number of hydrogen-bond donors (Lipinski definition) is 0. The van der Waals surface area contributed by atoms with Crippen molar-refractivity contribution in [1.82, 2.24) is 24.1 Å². The van der Waals surface area contributed by atoms with Crippen LogP contribution < -0.4 is 4.90 Å². The third-order valence-electron chi connectivity index (χ3n) is 5.83. The first kappa shape index (κ1) is 18.6. The van der Waals surface area contributed by atoms with Crippen LogP contribution in [0.1, 0.15) is 38.3 Å². The zero-order chi connectivity index (χ0) is 20.0. The molecule has 1 saturated carbocycles. The van der Waals surface area contributed by atoms with Gasteiger partial charge in [0, 0.05) is 50.3 Å². The van der Waals surface area contributed by atoms with Crippen LogP contribution in [0, 0.1) is 0 Å². The molecule has 1 aliphatic carbocycles. The second-order valence-electron chi connectivity index (χ2n) is 8.55. The maximum atomic E-state index is 5.56. The molecule has 4 heterocycles. The standard InChI is InChI=1S/C21H28N6O2/c1-21(2,28-3)14-26-13-16(12-23-26)18-17(15-4-5-15)24-20-19(22-6-7-27(18)20)25-8-10-29-11-9-25/h6-7,12-13,15H,4-5,8-11,14H2,1-3H3. The molecule has 0 atom stereocenters. The summed E-state index contributed by atoms with van der Waals surface area (Å²) < 4.78 is 15.2. The summed E-state index contributed by atoms with van der Waals surface area (Å²) in [6, 6.07) is 0. The van der Waals surface area contributed by atoms with Crippen molar-refractivity contribution in [3.05, 3.63) is 30.5 Å². The van der Waals surface area contributed by atoms with E-state index in [2.05, 4.69) is 39.4 Å². The summed E-state index contributed by atoms with van der Waals surface area (Å²) in [5.41, 5.74) is 4.05. The lowest BCUT2D eigenvalue weighted by Crippen LogP contribution is -2.37. The molecule has 0 bridgehead atoms. The highest BCUT2D eigenvalue weighted by atomic mass is 16.5. The number of anilines is 1. The first-order valence-corrected chi connectivity index (χ1v) is 10.3. The molecular formula is C21H28N6O2. The minimum Gasteiger partial charge on any atom is -0.378 e. The number of fused-ring (bicyclic) bond motifs is 1. The van der Waals surface area contributed by atoms with Gasteiger partial charge in [0.05, 0.1) is 42.9 Å². The summed E-state index contributed by atoms with van der Waals surface area (Å²) in [7, 11) is 1.74. The predicted octanol–water partition coefficient (Wildman–Crippen LogP) is 2.73. The van der Waals surface area contributed by atoms with E-state index in [-0.39, 0.29) is 5.60 Å². The van der Waals surface area contributed by atoms with E-state index in [1.54, 1.807) is 7.11 Å². The number of rotatable bonds is 6. The van der Waals surface area contributed by atoms with E-state index in [9.17, 15) is 0 Å². The van der Waals surface area contributed by atoms with E-state index in [4.69, 9.17) is 14.5 Å². The molecule has 0 amide bonds. The average molecular weight is 396 g/mol. The molecule has 8 heteroatoms. The van der Waals surface area contributed by atoms with Crippen molar-refractivity contribution >= 4 is 11.5 Å². The summed E-state index contributed by atoms with van der Waals surface area (Å²) in [5, 5.41) is 4.60. The van der Waals surface area contributed by atoms with Crippen molar-refractivity contribution in [1.29, 1.82) is 0 Å². The Morgan fingerprint density at radius 3 is 2.76 bits per heavy atom. The van der Waals surface area contributed by atoms with Crippen molar-refractivity contribution < 1.29 is 9.47 Å². The normalized spacial score (nSPS) is 18.0. The fraction of sp³-hybridized carbons (Fsp3) is 0.571. The van der Waals surface area contributed by atoms with Crippen LogP contribution in [0.4, 0.5) is 5.82 Å². The number of hydrogen-bond acceptors (Lipinski definition) is 6. The molecule has 0 unspecified atom stereocenters. The molecule has 3 aromatic rings. The van der Waals surface area contributed by atoms with E-state index in [1.165, 1.54) is 12.8 Å². The zero-order valence-electron chi connectivity index (χ0n) is 17.3. The van der Waals surface area contributed by atoms with Gasteiger partial charge in [0.1, 0.15) is 0 Å². The lowest BCUT2D eigenvalue weighted by Gasteiger charge is -2.27. The largest absolute Gasteiger partial charge is 0.378 e. The Hall–Kier alpha value is -2.45. The van der Waals surface area contributed by atoms with Gasteiger partial charge in [-0.1, -0.05) is 0 Å². The Morgan fingerprint density at radius 2 is 2.03 bits per heavy atom. The summed E-state index contributed by atoms with van der Waals surface area (Å²) in [4.78, 5) is 12.0. The molecule has 8 nitrogen and oxygen atoms in total. The average Bonchev–Trinajstić information content (AvgIpc) is 3.36. The van der Waals surface area contributed by atoms with Gasteiger partial charge >= 0.3 is 0 Å². The first-order chi connectivity index (χ1) is 14.1. The van der Waals surface area contributed by atoms with E-state index in [0.717, 1.165) is 54.7 Å². The Balaban J connectivity index is 1.58. The van der Waals surface area contributed by atoms with Crippen LogP contribution in [0.3, 0.4) is 0 Å². The maximum absolute atomic E-state index is 5.56. The van der Waals surface area contributed by atoms with Crippen LogP contribution in [0.15, 0.2) is 24.8 Å². The van der Waals surface area contributed by atoms with E-state index in [1.807, 2.05) is 23.3 Å². The number of morpholine rings is 1. The second-order valence-corrected chi connectivity index (χ2v) is 8.55. The number of imidazole rings is 1. The molecule has 0 radical (unpaired) electrons. The maximum Gasteiger partial charge on any atom is 0.181 e. The van der Waals surface area contributed by atoms with Crippen LogP contribution in [-0.4, -0.2) is 63.2 Å².